The van der Waals surface area contributed by atoms with Crippen LogP contribution in [0.15, 0.2) is 12.2 Å². The standard InChI is InChI=1S/C39H81N3/c1-7-10-13-16-21-26-31-39(32-27-22-17-14-11-8-2)37-38(4)30-25-20-19-24-29-35-42(36-33-40-41(5)6)34-28-23-18-15-12-9-3/h39-40H,4,7-37H2,1-3,5-6H3. The van der Waals surface area contributed by atoms with Crippen LogP contribution in [0.3, 0.4) is 0 Å². The average molecular weight is 592 g/mol. The van der Waals surface area contributed by atoms with Crippen molar-refractivity contribution >= 4 is 0 Å². The summed E-state index contributed by atoms with van der Waals surface area (Å²) in [5.74, 6) is 0.898. The molecule has 0 saturated carbocycles. The van der Waals surface area contributed by atoms with E-state index in [1.807, 2.05) is 0 Å². The van der Waals surface area contributed by atoms with Gasteiger partial charge in [0.2, 0.25) is 0 Å². The first kappa shape index (κ1) is 41.6. The van der Waals surface area contributed by atoms with Gasteiger partial charge in [-0.1, -0.05) is 174 Å². The Morgan fingerprint density at radius 1 is 0.524 bits per heavy atom. The molecule has 0 spiro atoms. The number of rotatable bonds is 35. The summed E-state index contributed by atoms with van der Waals surface area (Å²) < 4.78 is 0. The summed E-state index contributed by atoms with van der Waals surface area (Å²) in [5.41, 5.74) is 5.01. The lowest BCUT2D eigenvalue weighted by molar-refractivity contribution is 0.221. The molecular formula is C39H81N3. The fourth-order valence-electron chi connectivity index (χ4n) is 6.41. The zero-order chi connectivity index (χ0) is 30.9. The van der Waals surface area contributed by atoms with Crippen LogP contribution in [-0.2, 0) is 0 Å². The Morgan fingerprint density at radius 2 is 0.929 bits per heavy atom. The molecular weight excluding hydrogens is 510 g/mol. The average Bonchev–Trinajstić information content (AvgIpc) is 2.97. The van der Waals surface area contributed by atoms with Gasteiger partial charge in [0.15, 0.2) is 0 Å². The van der Waals surface area contributed by atoms with E-state index in [1.54, 1.807) is 5.57 Å². The Bertz CT molecular complexity index is 516. The van der Waals surface area contributed by atoms with E-state index in [1.165, 1.54) is 193 Å². The maximum atomic E-state index is 4.57. The highest BCUT2D eigenvalue weighted by molar-refractivity contribution is 4.95. The van der Waals surface area contributed by atoms with E-state index in [-0.39, 0.29) is 0 Å². The van der Waals surface area contributed by atoms with Crippen LogP contribution in [0.1, 0.15) is 194 Å². The van der Waals surface area contributed by atoms with Gasteiger partial charge in [0.05, 0.1) is 0 Å². The number of hydrogen-bond acceptors (Lipinski definition) is 3. The van der Waals surface area contributed by atoms with Crippen molar-refractivity contribution in [1.29, 1.82) is 0 Å². The SMILES string of the molecule is C=C(CCCCCCCN(CCCCCCCC)CCNN(C)C)CC(CCCCCCCC)CCCCCCCC. The zero-order valence-corrected chi connectivity index (χ0v) is 30.1. The van der Waals surface area contributed by atoms with Gasteiger partial charge in [0.25, 0.3) is 0 Å². The van der Waals surface area contributed by atoms with Crippen molar-refractivity contribution < 1.29 is 0 Å². The maximum absolute atomic E-state index is 4.57. The lowest BCUT2D eigenvalue weighted by Crippen LogP contribution is -2.39. The highest BCUT2D eigenvalue weighted by atomic mass is 15.5. The predicted octanol–water partition coefficient (Wildman–Crippen LogP) is 12.1. The minimum Gasteiger partial charge on any atom is -0.302 e. The van der Waals surface area contributed by atoms with Gasteiger partial charge in [-0.05, 0) is 51.1 Å². The first-order valence-corrected chi connectivity index (χ1v) is 19.3. The van der Waals surface area contributed by atoms with Gasteiger partial charge in [-0.2, -0.15) is 0 Å². The molecule has 0 radical (unpaired) electrons. The summed E-state index contributed by atoms with van der Waals surface area (Å²) in [6.45, 7) is 16.3. The van der Waals surface area contributed by atoms with Crippen LogP contribution in [0.2, 0.25) is 0 Å². The Labute approximate surface area is 267 Å². The number of nitrogens with zero attached hydrogens (tertiary/aromatic N) is 2. The Kier molecular flexibility index (Phi) is 33.2. The number of nitrogens with one attached hydrogen (secondary N) is 1. The quantitative estimate of drug-likeness (QED) is 0.0449. The van der Waals surface area contributed by atoms with Crippen molar-refractivity contribution in [2.24, 2.45) is 5.92 Å². The van der Waals surface area contributed by atoms with Gasteiger partial charge in [0, 0.05) is 27.2 Å². The molecule has 42 heavy (non-hydrogen) atoms. The normalized spacial score (nSPS) is 11.9. The highest BCUT2D eigenvalue weighted by Crippen LogP contribution is 2.27. The van der Waals surface area contributed by atoms with E-state index < -0.39 is 0 Å². The van der Waals surface area contributed by atoms with Crippen LogP contribution in [0.5, 0.6) is 0 Å². The van der Waals surface area contributed by atoms with E-state index in [0.717, 1.165) is 12.5 Å². The number of unbranched alkanes of at least 4 members (excludes halogenated alkanes) is 19. The van der Waals surface area contributed by atoms with Crippen molar-refractivity contribution in [3.63, 3.8) is 0 Å². The third kappa shape index (κ3) is 31.1. The summed E-state index contributed by atoms with van der Waals surface area (Å²) in [6.07, 6.45) is 37.8. The molecule has 0 aliphatic rings. The van der Waals surface area contributed by atoms with Crippen molar-refractivity contribution in [2.45, 2.75) is 194 Å². The fraction of sp³-hybridized carbons (Fsp3) is 0.949. The molecule has 0 aromatic rings. The molecule has 3 heteroatoms. The van der Waals surface area contributed by atoms with E-state index in [2.05, 4.69) is 56.8 Å². The van der Waals surface area contributed by atoms with Crippen molar-refractivity contribution in [3.05, 3.63) is 12.2 Å². The molecule has 0 saturated heterocycles. The number of hydrazine groups is 1. The third-order valence-electron chi connectivity index (χ3n) is 9.20. The van der Waals surface area contributed by atoms with Gasteiger partial charge in [-0.15, -0.1) is 0 Å². The topological polar surface area (TPSA) is 18.5 Å². The Hall–Kier alpha value is -0.380. The molecule has 0 fully saturated rings. The zero-order valence-electron chi connectivity index (χ0n) is 30.1. The molecule has 0 bridgehead atoms. The summed E-state index contributed by atoms with van der Waals surface area (Å²) >= 11 is 0. The molecule has 3 nitrogen and oxygen atoms in total. The van der Waals surface area contributed by atoms with Crippen LogP contribution < -0.4 is 5.43 Å². The maximum Gasteiger partial charge on any atom is 0.0230 e. The lowest BCUT2D eigenvalue weighted by Gasteiger charge is -2.23. The predicted molar refractivity (Wildman–Crippen MR) is 192 cm³/mol. The Balaban J connectivity index is 4.19. The molecule has 0 aliphatic heterocycles. The second-order valence-electron chi connectivity index (χ2n) is 13.9. The van der Waals surface area contributed by atoms with E-state index >= 15 is 0 Å². The smallest absolute Gasteiger partial charge is 0.0230 e. The molecule has 0 unspecified atom stereocenters. The van der Waals surface area contributed by atoms with Crippen molar-refractivity contribution in [3.8, 4) is 0 Å². The Morgan fingerprint density at radius 3 is 1.38 bits per heavy atom. The molecule has 0 rings (SSSR count). The van der Waals surface area contributed by atoms with E-state index in [9.17, 15) is 0 Å². The minimum atomic E-state index is 0.898. The number of allylic oxidation sites excluding steroid dienone is 1. The molecule has 252 valence electrons. The lowest BCUT2D eigenvalue weighted by atomic mass is 9.87. The van der Waals surface area contributed by atoms with Gasteiger partial charge < -0.3 is 4.90 Å². The van der Waals surface area contributed by atoms with Crippen molar-refractivity contribution in [2.75, 3.05) is 40.3 Å². The fourth-order valence-corrected chi connectivity index (χ4v) is 6.41. The first-order chi connectivity index (χ1) is 20.5. The van der Waals surface area contributed by atoms with Crippen molar-refractivity contribution in [1.82, 2.24) is 15.3 Å². The van der Waals surface area contributed by atoms with Gasteiger partial charge >= 0.3 is 0 Å². The van der Waals surface area contributed by atoms with E-state index in [4.69, 9.17) is 0 Å². The summed E-state index contributed by atoms with van der Waals surface area (Å²) in [7, 11) is 4.19. The third-order valence-corrected chi connectivity index (χ3v) is 9.20. The van der Waals surface area contributed by atoms with Crippen LogP contribution in [-0.4, -0.2) is 50.2 Å². The van der Waals surface area contributed by atoms with Crippen LogP contribution >= 0.6 is 0 Å². The molecule has 0 aromatic carbocycles. The van der Waals surface area contributed by atoms with E-state index in [0.29, 0.717) is 0 Å². The molecule has 0 aliphatic carbocycles. The second-order valence-corrected chi connectivity index (χ2v) is 13.9. The molecule has 0 amide bonds. The van der Waals surface area contributed by atoms with Crippen LogP contribution in [0.4, 0.5) is 0 Å². The monoisotopic (exact) mass is 592 g/mol. The van der Waals surface area contributed by atoms with Gasteiger partial charge in [-0.25, -0.2) is 0 Å². The minimum absolute atomic E-state index is 0.898. The largest absolute Gasteiger partial charge is 0.302 e. The molecule has 0 atom stereocenters. The number of hydrogen-bond donors (Lipinski definition) is 1. The molecule has 0 aromatic heterocycles. The summed E-state index contributed by atoms with van der Waals surface area (Å²) in [5, 5.41) is 2.09. The van der Waals surface area contributed by atoms with Crippen LogP contribution in [0.25, 0.3) is 0 Å². The van der Waals surface area contributed by atoms with Crippen LogP contribution in [0, 0.1) is 5.92 Å². The first-order valence-electron chi connectivity index (χ1n) is 19.3. The summed E-state index contributed by atoms with van der Waals surface area (Å²) in [6, 6.07) is 0. The van der Waals surface area contributed by atoms with Gasteiger partial charge in [0.1, 0.15) is 0 Å². The summed E-state index contributed by atoms with van der Waals surface area (Å²) in [4.78, 5) is 2.71. The second kappa shape index (κ2) is 33.5. The highest BCUT2D eigenvalue weighted by Gasteiger charge is 2.11. The molecule has 1 N–H and O–H groups in total. The molecule has 0 heterocycles. The van der Waals surface area contributed by atoms with Gasteiger partial charge in [-0.3, -0.25) is 10.4 Å².